The number of Topliss-reactive ketones (excluding diaryl/α,β-unsaturated/α-hetero) is 1. The summed E-state index contributed by atoms with van der Waals surface area (Å²) in [5.41, 5.74) is 6.55. The van der Waals surface area contributed by atoms with Crippen molar-refractivity contribution < 1.29 is 9.18 Å². The van der Waals surface area contributed by atoms with Gasteiger partial charge >= 0.3 is 0 Å². The van der Waals surface area contributed by atoms with Gasteiger partial charge < -0.3 is 5.73 Å². The van der Waals surface area contributed by atoms with Gasteiger partial charge in [-0.3, -0.25) is 4.79 Å². The summed E-state index contributed by atoms with van der Waals surface area (Å²) in [4.78, 5) is 11.9. The first kappa shape index (κ1) is 12.6. The molecule has 0 bridgehead atoms. The number of carbonyl (C=O) groups is 1. The molecule has 2 N–H and O–H groups in total. The summed E-state index contributed by atoms with van der Waals surface area (Å²) in [7, 11) is 0. The van der Waals surface area contributed by atoms with Gasteiger partial charge in [0, 0.05) is 17.0 Å². The van der Waals surface area contributed by atoms with Gasteiger partial charge in [0.15, 0.2) is 5.78 Å². The van der Waals surface area contributed by atoms with Crippen LogP contribution in [-0.4, -0.2) is 5.78 Å². The number of benzene rings is 2. The Hall–Kier alpha value is -1.87. The molecule has 2 rings (SSSR count). The van der Waals surface area contributed by atoms with Gasteiger partial charge in [-0.25, -0.2) is 4.39 Å². The van der Waals surface area contributed by atoms with E-state index in [1.807, 2.05) is 0 Å². The van der Waals surface area contributed by atoms with Crippen LogP contribution in [0.25, 0.3) is 0 Å². The average Bonchev–Trinajstić information content (AvgIpc) is 2.35. The number of nitrogens with two attached hydrogens (primary N) is 1. The predicted molar refractivity (Wildman–Crippen MR) is 70.3 cm³/mol. The van der Waals surface area contributed by atoms with Crippen LogP contribution in [0, 0.1) is 5.82 Å². The summed E-state index contributed by atoms with van der Waals surface area (Å²) < 4.78 is 13.2. The normalized spacial score (nSPS) is 10.3. The molecule has 0 aliphatic rings. The molecule has 0 aliphatic heterocycles. The third-order valence-corrected chi connectivity index (χ3v) is 2.85. The van der Waals surface area contributed by atoms with Gasteiger partial charge in [0.25, 0.3) is 0 Å². The van der Waals surface area contributed by atoms with Crippen molar-refractivity contribution in [3.8, 4) is 0 Å². The van der Waals surface area contributed by atoms with Crippen LogP contribution in [0.2, 0.25) is 5.02 Å². The quantitative estimate of drug-likeness (QED) is 0.680. The zero-order chi connectivity index (χ0) is 13.1. The van der Waals surface area contributed by atoms with Crippen LogP contribution in [0.3, 0.4) is 0 Å². The van der Waals surface area contributed by atoms with E-state index in [4.69, 9.17) is 17.3 Å². The fraction of sp³-hybridized carbons (Fsp3) is 0.0714. The van der Waals surface area contributed by atoms with Crippen LogP contribution < -0.4 is 5.73 Å². The van der Waals surface area contributed by atoms with Crippen LogP contribution in [0.5, 0.6) is 0 Å². The highest BCUT2D eigenvalue weighted by Crippen LogP contribution is 2.15. The number of ketones is 1. The second-order valence-corrected chi connectivity index (χ2v) is 4.40. The number of halogens is 2. The SMILES string of the molecule is Nc1ccc(C(=O)Cc2ccc(Cl)cc2)cc1F. The lowest BCUT2D eigenvalue weighted by Gasteiger charge is -2.03. The van der Waals surface area contributed by atoms with Crippen molar-refractivity contribution in [2.45, 2.75) is 6.42 Å². The molecule has 4 heteroatoms. The third-order valence-electron chi connectivity index (χ3n) is 2.60. The van der Waals surface area contributed by atoms with Gasteiger partial charge in [-0.15, -0.1) is 0 Å². The lowest BCUT2D eigenvalue weighted by molar-refractivity contribution is 0.0992. The Morgan fingerprint density at radius 2 is 1.83 bits per heavy atom. The smallest absolute Gasteiger partial charge is 0.167 e. The Kier molecular flexibility index (Phi) is 3.63. The largest absolute Gasteiger partial charge is 0.396 e. The van der Waals surface area contributed by atoms with Crippen molar-refractivity contribution >= 4 is 23.1 Å². The van der Waals surface area contributed by atoms with E-state index in [1.165, 1.54) is 12.1 Å². The number of hydrogen-bond acceptors (Lipinski definition) is 2. The maximum atomic E-state index is 13.2. The van der Waals surface area contributed by atoms with E-state index >= 15 is 0 Å². The van der Waals surface area contributed by atoms with E-state index in [9.17, 15) is 9.18 Å². The van der Waals surface area contributed by atoms with Crippen LogP contribution in [-0.2, 0) is 6.42 Å². The maximum absolute atomic E-state index is 13.2. The first-order valence-electron chi connectivity index (χ1n) is 5.39. The zero-order valence-electron chi connectivity index (χ0n) is 9.49. The predicted octanol–water partition coefficient (Wildman–Crippen LogP) is 3.49. The summed E-state index contributed by atoms with van der Waals surface area (Å²) in [6.45, 7) is 0. The fourth-order valence-electron chi connectivity index (χ4n) is 1.59. The van der Waals surface area contributed by atoms with Gasteiger partial charge in [0.2, 0.25) is 0 Å². The molecule has 0 atom stereocenters. The summed E-state index contributed by atoms with van der Waals surface area (Å²) in [5, 5.41) is 0.615. The minimum atomic E-state index is -0.572. The number of hydrogen-bond donors (Lipinski definition) is 1. The Morgan fingerprint density at radius 3 is 2.44 bits per heavy atom. The molecule has 0 amide bonds. The number of anilines is 1. The van der Waals surface area contributed by atoms with Gasteiger partial charge in [0.1, 0.15) is 5.82 Å². The Bertz CT molecular complexity index is 581. The number of carbonyl (C=O) groups excluding carboxylic acids is 1. The van der Waals surface area contributed by atoms with E-state index in [0.29, 0.717) is 10.6 Å². The van der Waals surface area contributed by atoms with Crippen LogP contribution in [0.4, 0.5) is 10.1 Å². The molecule has 0 heterocycles. The molecule has 2 aromatic carbocycles. The molecule has 0 saturated carbocycles. The minimum Gasteiger partial charge on any atom is -0.396 e. The summed E-state index contributed by atoms with van der Waals surface area (Å²) in [5.74, 6) is -0.729. The van der Waals surface area contributed by atoms with E-state index in [0.717, 1.165) is 11.6 Å². The summed E-state index contributed by atoms with van der Waals surface area (Å²) in [6, 6.07) is 11.1. The molecule has 92 valence electrons. The first-order valence-corrected chi connectivity index (χ1v) is 5.77. The zero-order valence-corrected chi connectivity index (χ0v) is 10.2. The molecule has 0 fully saturated rings. The van der Waals surface area contributed by atoms with E-state index in [-0.39, 0.29) is 17.9 Å². The molecule has 0 spiro atoms. The second kappa shape index (κ2) is 5.19. The monoisotopic (exact) mass is 263 g/mol. The Labute approximate surface area is 109 Å². The molecule has 0 unspecified atom stereocenters. The van der Waals surface area contributed by atoms with E-state index in [1.54, 1.807) is 24.3 Å². The van der Waals surface area contributed by atoms with Crippen molar-refractivity contribution in [1.29, 1.82) is 0 Å². The molecular formula is C14H11ClFNO. The van der Waals surface area contributed by atoms with Crippen LogP contribution in [0.15, 0.2) is 42.5 Å². The molecule has 2 aromatic rings. The van der Waals surface area contributed by atoms with Crippen LogP contribution >= 0.6 is 11.6 Å². The lowest BCUT2D eigenvalue weighted by atomic mass is 10.0. The van der Waals surface area contributed by atoms with Gasteiger partial charge in [0.05, 0.1) is 5.69 Å². The molecule has 0 aromatic heterocycles. The average molecular weight is 264 g/mol. The van der Waals surface area contributed by atoms with Gasteiger partial charge in [-0.1, -0.05) is 23.7 Å². The first-order chi connectivity index (χ1) is 8.56. The van der Waals surface area contributed by atoms with Gasteiger partial charge in [-0.2, -0.15) is 0 Å². The van der Waals surface area contributed by atoms with Gasteiger partial charge in [-0.05, 0) is 35.9 Å². The van der Waals surface area contributed by atoms with Crippen molar-refractivity contribution in [2.75, 3.05) is 5.73 Å². The summed E-state index contributed by atoms with van der Waals surface area (Å²) in [6.07, 6.45) is 0.209. The standard InChI is InChI=1S/C14H11ClFNO/c15-11-4-1-9(2-5-11)7-14(18)10-3-6-13(17)12(16)8-10/h1-6,8H,7,17H2. The highest BCUT2D eigenvalue weighted by molar-refractivity contribution is 6.30. The molecule has 0 radical (unpaired) electrons. The lowest BCUT2D eigenvalue weighted by Crippen LogP contribution is -2.04. The van der Waals surface area contributed by atoms with Crippen molar-refractivity contribution in [3.05, 3.63) is 64.4 Å². The van der Waals surface area contributed by atoms with E-state index < -0.39 is 5.82 Å². The van der Waals surface area contributed by atoms with Crippen LogP contribution in [0.1, 0.15) is 15.9 Å². The molecule has 2 nitrogen and oxygen atoms in total. The summed E-state index contributed by atoms with van der Waals surface area (Å²) >= 11 is 5.76. The highest BCUT2D eigenvalue weighted by atomic mass is 35.5. The molecule has 0 aliphatic carbocycles. The fourth-order valence-corrected chi connectivity index (χ4v) is 1.72. The molecular weight excluding hydrogens is 253 g/mol. The number of nitrogen functional groups attached to an aromatic ring is 1. The topological polar surface area (TPSA) is 43.1 Å². The second-order valence-electron chi connectivity index (χ2n) is 3.96. The van der Waals surface area contributed by atoms with E-state index in [2.05, 4.69) is 0 Å². The Balaban J connectivity index is 2.16. The molecule has 0 saturated heterocycles. The van der Waals surface area contributed by atoms with Crippen molar-refractivity contribution in [1.82, 2.24) is 0 Å². The molecule has 18 heavy (non-hydrogen) atoms. The van der Waals surface area contributed by atoms with Crippen molar-refractivity contribution in [3.63, 3.8) is 0 Å². The highest BCUT2D eigenvalue weighted by Gasteiger charge is 2.09. The third kappa shape index (κ3) is 2.87. The van der Waals surface area contributed by atoms with Crippen molar-refractivity contribution in [2.24, 2.45) is 0 Å². The minimum absolute atomic E-state index is 0.0399. The maximum Gasteiger partial charge on any atom is 0.167 e. The number of rotatable bonds is 3. The Morgan fingerprint density at radius 1 is 1.17 bits per heavy atom.